The van der Waals surface area contributed by atoms with E-state index in [9.17, 15) is 14.8 Å². The number of benzene rings is 2. The van der Waals surface area contributed by atoms with Crippen LogP contribution >= 0.6 is 0 Å². The maximum absolute atomic E-state index is 13.4. The van der Waals surface area contributed by atoms with E-state index in [-0.39, 0.29) is 5.82 Å². The Labute approximate surface area is 123 Å². The summed E-state index contributed by atoms with van der Waals surface area (Å²) >= 11 is 0. The molecule has 1 aliphatic rings. The van der Waals surface area contributed by atoms with E-state index in [0.717, 1.165) is 17.5 Å². The number of hydrogen-bond acceptors (Lipinski definition) is 2. The lowest BCUT2D eigenvalue weighted by molar-refractivity contribution is 0.110. The van der Waals surface area contributed by atoms with Gasteiger partial charge in [0.05, 0.1) is 6.07 Å². The van der Waals surface area contributed by atoms with Crippen LogP contribution in [0.1, 0.15) is 34.8 Å². The Morgan fingerprint density at radius 2 is 2.05 bits per heavy atom. The van der Waals surface area contributed by atoms with Crippen LogP contribution in [0.3, 0.4) is 0 Å². The van der Waals surface area contributed by atoms with Crippen LogP contribution in [0, 0.1) is 24.1 Å². The topological polar surface area (TPSA) is 44.0 Å². The van der Waals surface area contributed by atoms with Gasteiger partial charge in [-0.3, -0.25) is 0 Å². The van der Waals surface area contributed by atoms with Crippen LogP contribution in [-0.4, -0.2) is 5.11 Å². The standard InChI is InChI=1S/C18H16FNO/c1-12-10-14(6-7-16(12)19)17(21)18(11-20)9-8-13-4-2-3-5-15(13)18/h2-7,10,17,21H,8-9H2,1H3. The third-order valence-electron chi connectivity index (χ3n) is 4.45. The van der Waals surface area contributed by atoms with E-state index in [2.05, 4.69) is 6.07 Å². The maximum atomic E-state index is 13.4. The average molecular weight is 281 g/mol. The molecule has 1 N–H and O–H groups in total. The Morgan fingerprint density at radius 3 is 2.76 bits per heavy atom. The Morgan fingerprint density at radius 1 is 1.29 bits per heavy atom. The normalized spacial score (nSPS) is 21.6. The number of hydrogen-bond donors (Lipinski definition) is 1. The first kappa shape index (κ1) is 13.8. The van der Waals surface area contributed by atoms with Gasteiger partial charge in [-0.15, -0.1) is 0 Å². The smallest absolute Gasteiger partial charge is 0.126 e. The summed E-state index contributed by atoms with van der Waals surface area (Å²) in [6, 6.07) is 14.6. The van der Waals surface area contributed by atoms with E-state index in [0.29, 0.717) is 17.5 Å². The van der Waals surface area contributed by atoms with Crippen LogP contribution in [0.2, 0.25) is 0 Å². The van der Waals surface area contributed by atoms with Crippen LogP contribution < -0.4 is 0 Å². The van der Waals surface area contributed by atoms with Crippen LogP contribution in [-0.2, 0) is 11.8 Å². The fourth-order valence-corrected chi connectivity index (χ4v) is 3.22. The molecule has 0 radical (unpaired) electrons. The molecule has 2 unspecified atom stereocenters. The fourth-order valence-electron chi connectivity index (χ4n) is 3.22. The van der Waals surface area contributed by atoms with Gasteiger partial charge in [0, 0.05) is 0 Å². The third kappa shape index (κ3) is 2.03. The molecule has 2 nitrogen and oxygen atoms in total. The van der Waals surface area contributed by atoms with Crippen LogP contribution in [0.5, 0.6) is 0 Å². The number of aliphatic hydroxyl groups is 1. The van der Waals surface area contributed by atoms with Crippen molar-refractivity contribution in [2.75, 3.05) is 0 Å². The largest absolute Gasteiger partial charge is 0.386 e. The summed E-state index contributed by atoms with van der Waals surface area (Å²) in [6.07, 6.45) is 0.409. The Balaban J connectivity index is 2.09. The molecular weight excluding hydrogens is 265 g/mol. The van der Waals surface area contributed by atoms with Gasteiger partial charge >= 0.3 is 0 Å². The first-order valence-corrected chi connectivity index (χ1v) is 7.02. The molecule has 0 aromatic heterocycles. The van der Waals surface area contributed by atoms with Crippen molar-refractivity contribution >= 4 is 0 Å². The summed E-state index contributed by atoms with van der Waals surface area (Å²) in [6.45, 7) is 1.66. The molecule has 2 atom stereocenters. The van der Waals surface area contributed by atoms with Gasteiger partial charge in [-0.05, 0) is 48.1 Å². The van der Waals surface area contributed by atoms with Gasteiger partial charge in [0.1, 0.15) is 17.3 Å². The van der Waals surface area contributed by atoms with Crippen molar-refractivity contribution in [3.63, 3.8) is 0 Å². The van der Waals surface area contributed by atoms with Crippen LogP contribution in [0.25, 0.3) is 0 Å². The minimum atomic E-state index is -0.953. The van der Waals surface area contributed by atoms with Crippen molar-refractivity contribution in [1.82, 2.24) is 0 Å². The highest BCUT2D eigenvalue weighted by Gasteiger charge is 2.45. The summed E-state index contributed by atoms with van der Waals surface area (Å²) in [5.41, 5.74) is 2.12. The molecule has 0 amide bonds. The van der Waals surface area contributed by atoms with Gasteiger partial charge in [0.15, 0.2) is 0 Å². The molecule has 1 aliphatic carbocycles. The summed E-state index contributed by atoms with van der Waals surface area (Å²) in [7, 11) is 0. The monoisotopic (exact) mass is 281 g/mol. The zero-order valence-electron chi connectivity index (χ0n) is 11.8. The molecule has 21 heavy (non-hydrogen) atoms. The van der Waals surface area contributed by atoms with Crippen LogP contribution in [0.4, 0.5) is 4.39 Å². The predicted octanol–water partition coefficient (Wildman–Crippen LogP) is 3.58. The van der Waals surface area contributed by atoms with Crippen molar-refractivity contribution in [3.05, 3.63) is 70.5 Å². The maximum Gasteiger partial charge on any atom is 0.126 e. The predicted molar refractivity (Wildman–Crippen MR) is 78.2 cm³/mol. The fraction of sp³-hybridized carbons (Fsp3) is 0.278. The van der Waals surface area contributed by atoms with E-state index in [1.165, 1.54) is 6.07 Å². The highest BCUT2D eigenvalue weighted by Crippen LogP contribution is 2.47. The lowest BCUT2D eigenvalue weighted by atomic mass is 9.75. The number of nitrogens with zero attached hydrogens (tertiary/aromatic N) is 1. The van der Waals surface area contributed by atoms with Gasteiger partial charge in [0.2, 0.25) is 0 Å². The molecule has 0 fully saturated rings. The Kier molecular flexibility index (Phi) is 3.27. The molecule has 0 aliphatic heterocycles. The van der Waals surface area contributed by atoms with Gasteiger partial charge in [-0.2, -0.15) is 5.26 Å². The number of fused-ring (bicyclic) bond motifs is 1. The van der Waals surface area contributed by atoms with E-state index in [1.807, 2.05) is 24.3 Å². The second kappa shape index (κ2) is 4.98. The molecule has 3 rings (SSSR count). The first-order valence-electron chi connectivity index (χ1n) is 7.02. The Bertz CT molecular complexity index is 734. The molecule has 0 heterocycles. The Hall–Kier alpha value is -2.18. The lowest BCUT2D eigenvalue weighted by Crippen LogP contribution is -2.29. The lowest BCUT2D eigenvalue weighted by Gasteiger charge is -2.29. The number of nitriles is 1. The second-order valence-electron chi connectivity index (χ2n) is 5.65. The summed E-state index contributed by atoms with van der Waals surface area (Å²) in [5, 5.41) is 20.5. The third-order valence-corrected chi connectivity index (χ3v) is 4.45. The van der Waals surface area contributed by atoms with E-state index < -0.39 is 11.5 Å². The quantitative estimate of drug-likeness (QED) is 0.914. The molecule has 2 aromatic rings. The molecule has 0 spiro atoms. The molecule has 106 valence electrons. The molecule has 0 saturated heterocycles. The summed E-state index contributed by atoms with van der Waals surface area (Å²) in [5.74, 6) is -0.302. The molecule has 2 aromatic carbocycles. The number of aliphatic hydroxyl groups excluding tert-OH is 1. The summed E-state index contributed by atoms with van der Waals surface area (Å²) in [4.78, 5) is 0. The van der Waals surface area contributed by atoms with Crippen molar-refractivity contribution in [2.45, 2.75) is 31.3 Å². The number of rotatable bonds is 2. The van der Waals surface area contributed by atoms with Gasteiger partial charge in [0.25, 0.3) is 0 Å². The zero-order valence-corrected chi connectivity index (χ0v) is 11.8. The number of halogens is 1. The van der Waals surface area contributed by atoms with Crippen molar-refractivity contribution in [2.24, 2.45) is 0 Å². The van der Waals surface area contributed by atoms with Crippen LogP contribution in [0.15, 0.2) is 42.5 Å². The van der Waals surface area contributed by atoms with E-state index in [4.69, 9.17) is 0 Å². The van der Waals surface area contributed by atoms with Gasteiger partial charge in [-0.25, -0.2) is 4.39 Å². The number of aryl methyl sites for hydroxylation is 2. The minimum Gasteiger partial charge on any atom is -0.386 e. The molecular formula is C18H16FNO. The van der Waals surface area contributed by atoms with E-state index in [1.54, 1.807) is 19.1 Å². The van der Waals surface area contributed by atoms with Gasteiger partial charge in [-0.1, -0.05) is 36.4 Å². The molecule has 0 bridgehead atoms. The van der Waals surface area contributed by atoms with Crippen molar-refractivity contribution in [1.29, 1.82) is 5.26 Å². The molecule has 0 saturated carbocycles. The minimum absolute atomic E-state index is 0.302. The highest BCUT2D eigenvalue weighted by atomic mass is 19.1. The summed E-state index contributed by atoms with van der Waals surface area (Å²) < 4.78 is 13.4. The van der Waals surface area contributed by atoms with Gasteiger partial charge < -0.3 is 5.11 Å². The average Bonchev–Trinajstić information content (AvgIpc) is 2.89. The molecule has 3 heteroatoms. The second-order valence-corrected chi connectivity index (χ2v) is 5.65. The SMILES string of the molecule is Cc1cc(C(O)C2(C#N)CCc3ccccc32)ccc1F. The van der Waals surface area contributed by atoms with E-state index >= 15 is 0 Å². The first-order chi connectivity index (χ1) is 10.1. The van der Waals surface area contributed by atoms with Crippen molar-refractivity contribution in [3.8, 4) is 6.07 Å². The van der Waals surface area contributed by atoms with Crippen molar-refractivity contribution < 1.29 is 9.50 Å². The highest BCUT2D eigenvalue weighted by molar-refractivity contribution is 5.47. The zero-order chi connectivity index (χ0) is 15.0.